The standard InChI is InChI=1S/C22H21N3O3S2/c1-2-24-21(27)18-9-3-4-10-19(18)25(22(24)28)15-20(26)23(13-16-7-5-11-29-16)14-17-8-6-12-30-17/h3-12H,2,13-15H2,1H3. The Bertz CT molecular complexity index is 1240. The van der Waals surface area contributed by atoms with Crippen LogP contribution in [0.4, 0.5) is 0 Å². The molecule has 1 aromatic carbocycles. The van der Waals surface area contributed by atoms with Crippen molar-refractivity contribution in [3.05, 3.63) is 89.9 Å². The largest absolute Gasteiger partial charge is 0.331 e. The van der Waals surface area contributed by atoms with E-state index < -0.39 is 5.69 Å². The van der Waals surface area contributed by atoms with Gasteiger partial charge in [0.15, 0.2) is 0 Å². The monoisotopic (exact) mass is 439 g/mol. The molecule has 0 aliphatic heterocycles. The zero-order chi connectivity index (χ0) is 21.1. The van der Waals surface area contributed by atoms with Crippen LogP contribution in [0.2, 0.25) is 0 Å². The molecular formula is C22H21N3O3S2. The van der Waals surface area contributed by atoms with Gasteiger partial charge in [0, 0.05) is 16.3 Å². The van der Waals surface area contributed by atoms with E-state index in [0.717, 1.165) is 9.75 Å². The van der Waals surface area contributed by atoms with Gasteiger partial charge in [0.25, 0.3) is 5.56 Å². The van der Waals surface area contributed by atoms with Crippen molar-refractivity contribution >= 4 is 39.5 Å². The molecule has 0 aliphatic carbocycles. The third-order valence-corrected chi connectivity index (χ3v) is 6.67. The Labute approximate surface area is 181 Å². The van der Waals surface area contributed by atoms with Crippen LogP contribution in [-0.4, -0.2) is 19.9 Å². The van der Waals surface area contributed by atoms with Crippen LogP contribution in [0.25, 0.3) is 10.9 Å². The van der Waals surface area contributed by atoms with Gasteiger partial charge in [-0.15, -0.1) is 22.7 Å². The van der Waals surface area contributed by atoms with Crippen molar-refractivity contribution in [1.29, 1.82) is 0 Å². The van der Waals surface area contributed by atoms with Crippen LogP contribution < -0.4 is 11.2 Å². The number of carbonyl (C=O) groups excluding carboxylic acids is 1. The van der Waals surface area contributed by atoms with Gasteiger partial charge in [-0.1, -0.05) is 24.3 Å². The number of rotatable bonds is 7. The van der Waals surface area contributed by atoms with Gasteiger partial charge in [-0.05, 0) is 41.9 Å². The summed E-state index contributed by atoms with van der Waals surface area (Å²) in [6.45, 7) is 2.85. The van der Waals surface area contributed by atoms with Gasteiger partial charge in [0.2, 0.25) is 5.91 Å². The van der Waals surface area contributed by atoms with Crippen molar-refractivity contribution < 1.29 is 4.79 Å². The minimum absolute atomic E-state index is 0.115. The molecule has 154 valence electrons. The molecule has 8 heteroatoms. The molecule has 4 rings (SSSR count). The highest BCUT2D eigenvalue weighted by Gasteiger charge is 2.20. The normalized spacial score (nSPS) is 11.1. The molecule has 0 atom stereocenters. The van der Waals surface area contributed by atoms with Crippen LogP contribution in [0.15, 0.2) is 68.9 Å². The highest BCUT2D eigenvalue weighted by molar-refractivity contribution is 7.10. The van der Waals surface area contributed by atoms with Crippen LogP contribution in [-0.2, 0) is 31.0 Å². The van der Waals surface area contributed by atoms with Crippen molar-refractivity contribution in [3.8, 4) is 0 Å². The summed E-state index contributed by atoms with van der Waals surface area (Å²) < 4.78 is 2.59. The number of carbonyl (C=O) groups is 1. The molecule has 0 unspecified atom stereocenters. The van der Waals surface area contributed by atoms with Crippen molar-refractivity contribution in [2.45, 2.75) is 33.1 Å². The summed E-state index contributed by atoms with van der Waals surface area (Å²) in [5.74, 6) is -0.162. The quantitative estimate of drug-likeness (QED) is 0.443. The average Bonchev–Trinajstić information content (AvgIpc) is 3.45. The molecule has 3 heterocycles. The third kappa shape index (κ3) is 4.01. The van der Waals surface area contributed by atoms with Crippen LogP contribution in [0.5, 0.6) is 0 Å². The number of thiophene rings is 2. The summed E-state index contributed by atoms with van der Waals surface area (Å²) in [5.41, 5.74) is -0.296. The van der Waals surface area contributed by atoms with E-state index in [4.69, 9.17) is 0 Å². The highest BCUT2D eigenvalue weighted by Crippen LogP contribution is 2.18. The first-order valence-electron chi connectivity index (χ1n) is 9.63. The average molecular weight is 440 g/mol. The number of benzene rings is 1. The van der Waals surface area contributed by atoms with Crippen molar-refractivity contribution in [1.82, 2.24) is 14.0 Å². The van der Waals surface area contributed by atoms with E-state index in [2.05, 4.69) is 0 Å². The maximum atomic E-state index is 13.3. The molecule has 0 aliphatic rings. The number of nitrogens with zero attached hydrogens (tertiary/aromatic N) is 3. The van der Waals surface area contributed by atoms with Gasteiger partial charge >= 0.3 is 5.69 Å². The molecule has 0 fully saturated rings. The summed E-state index contributed by atoms with van der Waals surface area (Å²) in [6.07, 6.45) is 0. The Morgan fingerprint density at radius 1 is 0.900 bits per heavy atom. The minimum Gasteiger partial charge on any atom is -0.331 e. The molecule has 0 bridgehead atoms. The van der Waals surface area contributed by atoms with Gasteiger partial charge in [-0.25, -0.2) is 4.79 Å². The zero-order valence-electron chi connectivity index (χ0n) is 16.5. The fraction of sp³-hybridized carbons (Fsp3) is 0.227. The lowest BCUT2D eigenvalue weighted by atomic mass is 10.2. The first kappa shape index (κ1) is 20.3. The highest BCUT2D eigenvalue weighted by atomic mass is 32.1. The fourth-order valence-corrected chi connectivity index (χ4v) is 4.89. The van der Waals surface area contributed by atoms with E-state index >= 15 is 0 Å². The number of amides is 1. The summed E-state index contributed by atoms with van der Waals surface area (Å²) in [4.78, 5) is 42.9. The van der Waals surface area contributed by atoms with Crippen LogP contribution in [0, 0.1) is 0 Å². The Hall–Kier alpha value is -2.97. The number of para-hydroxylation sites is 1. The maximum Gasteiger partial charge on any atom is 0.331 e. The van der Waals surface area contributed by atoms with Gasteiger partial charge < -0.3 is 4.90 Å². The van der Waals surface area contributed by atoms with Gasteiger partial charge in [0.1, 0.15) is 6.54 Å². The SMILES string of the molecule is CCn1c(=O)c2ccccc2n(CC(=O)N(Cc2cccs2)Cc2cccs2)c1=O. The molecule has 3 aromatic heterocycles. The maximum absolute atomic E-state index is 13.3. The molecule has 0 saturated heterocycles. The molecule has 30 heavy (non-hydrogen) atoms. The van der Waals surface area contributed by atoms with Crippen molar-refractivity contribution in [2.75, 3.05) is 0 Å². The van der Waals surface area contributed by atoms with Crippen LogP contribution in [0.3, 0.4) is 0 Å². The Morgan fingerprint density at radius 2 is 1.53 bits per heavy atom. The topological polar surface area (TPSA) is 64.3 Å². The molecule has 1 amide bonds. The van der Waals surface area contributed by atoms with Crippen molar-refractivity contribution in [3.63, 3.8) is 0 Å². The van der Waals surface area contributed by atoms with Crippen LogP contribution >= 0.6 is 22.7 Å². The molecule has 6 nitrogen and oxygen atoms in total. The Morgan fingerprint density at radius 3 is 2.10 bits per heavy atom. The van der Waals surface area contributed by atoms with E-state index in [0.29, 0.717) is 24.0 Å². The van der Waals surface area contributed by atoms with E-state index in [1.807, 2.05) is 35.0 Å². The summed E-state index contributed by atoms with van der Waals surface area (Å²) in [6, 6.07) is 14.9. The van der Waals surface area contributed by atoms with E-state index in [1.54, 1.807) is 58.8 Å². The summed E-state index contributed by atoms with van der Waals surface area (Å²) >= 11 is 3.19. The molecule has 4 aromatic rings. The third-order valence-electron chi connectivity index (χ3n) is 4.95. The van der Waals surface area contributed by atoms with E-state index in [9.17, 15) is 14.4 Å². The predicted molar refractivity (Wildman–Crippen MR) is 121 cm³/mol. The second-order valence-corrected chi connectivity index (χ2v) is 8.91. The first-order valence-corrected chi connectivity index (χ1v) is 11.4. The van der Waals surface area contributed by atoms with Crippen molar-refractivity contribution in [2.24, 2.45) is 0 Å². The number of fused-ring (bicyclic) bond motifs is 1. The molecule has 0 N–H and O–H groups in total. The van der Waals surface area contributed by atoms with Gasteiger partial charge in [-0.3, -0.25) is 18.7 Å². The zero-order valence-corrected chi connectivity index (χ0v) is 18.1. The number of aromatic nitrogens is 2. The second-order valence-electron chi connectivity index (χ2n) is 6.84. The molecule has 0 spiro atoms. The van der Waals surface area contributed by atoms with E-state index in [1.165, 1.54) is 9.13 Å². The lowest BCUT2D eigenvalue weighted by molar-refractivity contribution is -0.133. The van der Waals surface area contributed by atoms with Gasteiger partial charge in [-0.2, -0.15) is 0 Å². The Balaban J connectivity index is 1.72. The van der Waals surface area contributed by atoms with Gasteiger partial charge in [0.05, 0.1) is 24.0 Å². The lowest BCUT2D eigenvalue weighted by Gasteiger charge is -2.23. The number of hydrogen-bond acceptors (Lipinski definition) is 5. The molecular weight excluding hydrogens is 418 g/mol. The fourth-order valence-electron chi connectivity index (χ4n) is 3.45. The Kier molecular flexibility index (Phi) is 5.96. The molecule has 0 saturated carbocycles. The van der Waals surface area contributed by atoms with Crippen LogP contribution in [0.1, 0.15) is 16.7 Å². The minimum atomic E-state index is -0.457. The first-order chi connectivity index (χ1) is 14.6. The predicted octanol–water partition coefficient (Wildman–Crippen LogP) is 3.54. The summed E-state index contributed by atoms with van der Waals surface area (Å²) in [7, 11) is 0. The van der Waals surface area contributed by atoms with E-state index in [-0.39, 0.29) is 24.6 Å². The summed E-state index contributed by atoms with van der Waals surface area (Å²) in [5, 5.41) is 4.41. The molecule has 0 radical (unpaired) electrons. The number of hydrogen-bond donors (Lipinski definition) is 0. The lowest BCUT2D eigenvalue weighted by Crippen LogP contribution is -2.43. The smallest absolute Gasteiger partial charge is 0.331 e. The second kappa shape index (κ2) is 8.81.